The first-order valence-corrected chi connectivity index (χ1v) is 10.3. The number of aliphatic imine (C=N–C) groups is 1. The van der Waals surface area contributed by atoms with Crippen LogP contribution in [0.4, 0.5) is 5.69 Å². The number of nitrogens with zero attached hydrogens (tertiary/aromatic N) is 2. The third kappa shape index (κ3) is 4.35. The van der Waals surface area contributed by atoms with Gasteiger partial charge < -0.3 is 19.3 Å². The van der Waals surface area contributed by atoms with Crippen LogP contribution in [0.15, 0.2) is 47.5 Å². The molecule has 0 bridgehead atoms. The number of rotatable bonds is 6. The number of fused-ring (bicyclic) bond motifs is 1. The lowest BCUT2D eigenvalue weighted by atomic mass is 10.1. The zero-order valence-electron chi connectivity index (χ0n) is 16.2. The highest BCUT2D eigenvalue weighted by Crippen LogP contribution is 2.35. The topological polar surface area (TPSA) is 97.7 Å². The third-order valence-electron chi connectivity index (χ3n) is 4.57. The second kappa shape index (κ2) is 8.66. The molecular formula is C21H20N2O6S. The molecule has 1 amide bonds. The molecule has 1 atom stereocenters. The number of carbonyl (C=O) groups is 2. The number of benzene rings is 2. The highest BCUT2D eigenvalue weighted by atomic mass is 32.2. The predicted molar refractivity (Wildman–Crippen MR) is 111 cm³/mol. The Kier molecular flexibility index (Phi) is 5.80. The quantitative estimate of drug-likeness (QED) is 0.753. The van der Waals surface area contributed by atoms with Gasteiger partial charge in [-0.05, 0) is 48.9 Å². The van der Waals surface area contributed by atoms with Gasteiger partial charge in [0.05, 0.1) is 25.3 Å². The molecule has 0 saturated carbocycles. The van der Waals surface area contributed by atoms with Crippen molar-refractivity contribution >= 4 is 34.5 Å². The fourth-order valence-corrected chi connectivity index (χ4v) is 4.14. The van der Waals surface area contributed by atoms with Gasteiger partial charge in [0.1, 0.15) is 11.0 Å². The molecule has 0 aromatic heterocycles. The van der Waals surface area contributed by atoms with E-state index in [1.165, 1.54) is 4.90 Å². The van der Waals surface area contributed by atoms with Crippen LogP contribution >= 0.6 is 11.8 Å². The monoisotopic (exact) mass is 428 g/mol. The molecule has 0 spiro atoms. The summed E-state index contributed by atoms with van der Waals surface area (Å²) in [5, 5.41) is 8.90. The lowest BCUT2D eigenvalue weighted by molar-refractivity contribution is -0.139. The van der Waals surface area contributed by atoms with E-state index in [9.17, 15) is 14.7 Å². The number of aliphatic carboxylic acids is 1. The van der Waals surface area contributed by atoms with Crippen LogP contribution in [0.3, 0.4) is 0 Å². The van der Waals surface area contributed by atoms with E-state index in [1.807, 2.05) is 19.1 Å². The summed E-state index contributed by atoms with van der Waals surface area (Å²) in [4.78, 5) is 30.4. The smallest absolute Gasteiger partial charge is 0.317 e. The summed E-state index contributed by atoms with van der Waals surface area (Å²) in [5.74, 6) is 0.679. The second-order valence-corrected chi connectivity index (χ2v) is 7.81. The molecule has 1 saturated heterocycles. The van der Waals surface area contributed by atoms with Gasteiger partial charge in [0, 0.05) is 0 Å². The molecule has 2 aliphatic heterocycles. The number of carboxylic acid groups (broad SMARTS) is 1. The first kappa shape index (κ1) is 20.1. The van der Waals surface area contributed by atoms with E-state index < -0.39 is 11.2 Å². The maximum Gasteiger partial charge on any atom is 0.317 e. The Morgan fingerprint density at radius 2 is 2.00 bits per heavy atom. The van der Waals surface area contributed by atoms with E-state index >= 15 is 0 Å². The standard InChI is InChI=1S/C21H20N2O6S/c1-2-27-15-6-4-14(5-7-15)22-21-23(19(24)10-18(30-21)20(25)26)11-13-3-8-16-17(9-13)29-12-28-16/h3-9,18H,2,10-12H2,1H3,(H,25,26)/t18-/m1/s1. The van der Waals surface area contributed by atoms with Crippen LogP contribution < -0.4 is 14.2 Å². The summed E-state index contributed by atoms with van der Waals surface area (Å²) in [7, 11) is 0. The van der Waals surface area contributed by atoms with E-state index in [0.717, 1.165) is 23.1 Å². The maximum absolute atomic E-state index is 12.8. The minimum atomic E-state index is -1.03. The van der Waals surface area contributed by atoms with Crippen molar-refractivity contribution in [2.24, 2.45) is 4.99 Å². The van der Waals surface area contributed by atoms with Gasteiger partial charge in [0.2, 0.25) is 12.7 Å². The molecule has 2 aromatic carbocycles. The van der Waals surface area contributed by atoms with Crippen molar-refractivity contribution in [2.75, 3.05) is 13.4 Å². The number of carbonyl (C=O) groups excluding carboxylic acids is 1. The molecule has 1 N–H and O–H groups in total. The SMILES string of the molecule is CCOc1ccc(N=C2S[C@@H](C(=O)O)CC(=O)N2Cc2ccc3c(c2)OCO3)cc1. The molecule has 0 aliphatic carbocycles. The number of carboxylic acids is 1. The molecule has 0 radical (unpaired) electrons. The zero-order chi connectivity index (χ0) is 21.1. The Balaban J connectivity index is 1.62. The molecule has 0 unspecified atom stereocenters. The molecule has 1 fully saturated rings. The van der Waals surface area contributed by atoms with Crippen molar-refractivity contribution in [3.8, 4) is 17.2 Å². The largest absolute Gasteiger partial charge is 0.494 e. The Morgan fingerprint density at radius 3 is 2.73 bits per heavy atom. The molecule has 2 aliphatic rings. The molecule has 4 rings (SSSR count). The lowest BCUT2D eigenvalue weighted by Crippen LogP contribution is -2.43. The highest BCUT2D eigenvalue weighted by molar-refractivity contribution is 8.15. The van der Waals surface area contributed by atoms with Crippen molar-refractivity contribution in [1.29, 1.82) is 0 Å². The van der Waals surface area contributed by atoms with Gasteiger partial charge in [-0.2, -0.15) is 0 Å². The first-order chi connectivity index (χ1) is 14.5. The maximum atomic E-state index is 12.8. The van der Waals surface area contributed by atoms with E-state index in [4.69, 9.17) is 14.2 Å². The van der Waals surface area contributed by atoms with E-state index in [-0.39, 0.29) is 25.7 Å². The third-order valence-corrected chi connectivity index (χ3v) is 5.74. The van der Waals surface area contributed by atoms with Gasteiger partial charge in [-0.1, -0.05) is 17.8 Å². The van der Waals surface area contributed by atoms with Gasteiger partial charge in [-0.15, -0.1) is 0 Å². The van der Waals surface area contributed by atoms with Crippen molar-refractivity contribution < 1.29 is 28.9 Å². The lowest BCUT2D eigenvalue weighted by Gasteiger charge is -2.30. The second-order valence-electron chi connectivity index (χ2n) is 6.64. The van der Waals surface area contributed by atoms with Crippen molar-refractivity contribution in [3.05, 3.63) is 48.0 Å². The number of amidine groups is 1. The zero-order valence-corrected chi connectivity index (χ0v) is 17.1. The van der Waals surface area contributed by atoms with E-state index in [2.05, 4.69) is 4.99 Å². The number of hydrogen-bond donors (Lipinski definition) is 1. The fourth-order valence-electron chi connectivity index (χ4n) is 3.10. The normalized spacial score (nSPS) is 19.2. The molecule has 2 aromatic rings. The molecule has 30 heavy (non-hydrogen) atoms. The summed E-state index contributed by atoms with van der Waals surface area (Å²) in [5.41, 5.74) is 1.44. The average molecular weight is 428 g/mol. The van der Waals surface area contributed by atoms with Crippen LogP contribution in [0.2, 0.25) is 0 Å². The Bertz CT molecular complexity index is 991. The predicted octanol–water partition coefficient (Wildman–Crippen LogP) is 3.42. The summed E-state index contributed by atoms with van der Waals surface area (Å²) < 4.78 is 16.2. The minimum absolute atomic E-state index is 0.0904. The van der Waals surface area contributed by atoms with E-state index in [0.29, 0.717) is 29.0 Å². The van der Waals surface area contributed by atoms with Gasteiger partial charge in [-0.25, -0.2) is 4.99 Å². The average Bonchev–Trinajstić information content (AvgIpc) is 3.19. The summed E-state index contributed by atoms with van der Waals surface area (Å²) in [6.45, 7) is 2.88. The number of thioether (sulfide) groups is 1. The summed E-state index contributed by atoms with van der Waals surface area (Å²) in [6, 6.07) is 12.6. The molecule has 9 heteroatoms. The molecule has 156 valence electrons. The number of ether oxygens (including phenoxy) is 3. The Morgan fingerprint density at radius 1 is 1.23 bits per heavy atom. The first-order valence-electron chi connectivity index (χ1n) is 9.43. The van der Waals surface area contributed by atoms with Crippen LogP contribution in [-0.2, 0) is 16.1 Å². The van der Waals surface area contributed by atoms with Crippen molar-refractivity contribution in [3.63, 3.8) is 0 Å². The van der Waals surface area contributed by atoms with Crippen LogP contribution in [0.5, 0.6) is 17.2 Å². The summed E-state index contributed by atoms with van der Waals surface area (Å²) >= 11 is 1.07. The molecule has 8 nitrogen and oxygen atoms in total. The fraction of sp³-hybridized carbons (Fsp3) is 0.286. The van der Waals surface area contributed by atoms with Crippen LogP contribution in [-0.4, -0.2) is 45.7 Å². The van der Waals surface area contributed by atoms with Gasteiger partial charge in [0.25, 0.3) is 0 Å². The van der Waals surface area contributed by atoms with Gasteiger partial charge >= 0.3 is 5.97 Å². The van der Waals surface area contributed by atoms with Gasteiger partial charge in [-0.3, -0.25) is 14.5 Å². The van der Waals surface area contributed by atoms with E-state index in [1.54, 1.807) is 30.3 Å². The molecular weight excluding hydrogens is 408 g/mol. The van der Waals surface area contributed by atoms with Crippen molar-refractivity contribution in [2.45, 2.75) is 25.1 Å². The minimum Gasteiger partial charge on any atom is -0.494 e. The van der Waals surface area contributed by atoms with Crippen LogP contribution in [0.1, 0.15) is 18.9 Å². The van der Waals surface area contributed by atoms with Crippen LogP contribution in [0.25, 0.3) is 0 Å². The Hall–Kier alpha value is -3.20. The summed E-state index contributed by atoms with van der Waals surface area (Å²) in [6.07, 6.45) is -0.0904. The molecule has 2 heterocycles. The number of hydrogen-bond acceptors (Lipinski definition) is 7. The van der Waals surface area contributed by atoms with Crippen LogP contribution in [0, 0.1) is 0 Å². The highest BCUT2D eigenvalue weighted by Gasteiger charge is 2.36. The Labute approximate surface area is 177 Å². The number of amides is 1. The van der Waals surface area contributed by atoms with Gasteiger partial charge in [0.15, 0.2) is 16.7 Å². The van der Waals surface area contributed by atoms with Crippen molar-refractivity contribution in [1.82, 2.24) is 4.90 Å².